The second-order valence-electron chi connectivity index (χ2n) is 3.77. The SMILES string of the molecule is CCC(CS(=O)Cc1ccc(Cl)cc1)NC. The molecule has 1 rings (SSSR count). The third-order valence-corrected chi connectivity index (χ3v) is 4.21. The zero-order chi connectivity index (χ0) is 12.0. The molecular weight excluding hydrogens is 242 g/mol. The first kappa shape index (κ1) is 13.7. The summed E-state index contributed by atoms with van der Waals surface area (Å²) in [5, 5.41) is 3.88. The van der Waals surface area contributed by atoms with Gasteiger partial charge in [-0.2, -0.15) is 0 Å². The van der Waals surface area contributed by atoms with Gasteiger partial charge in [0.15, 0.2) is 0 Å². The lowest BCUT2D eigenvalue weighted by Gasteiger charge is -2.12. The molecule has 0 amide bonds. The summed E-state index contributed by atoms with van der Waals surface area (Å²) in [6.07, 6.45) is 1.00. The molecule has 1 aromatic carbocycles. The zero-order valence-electron chi connectivity index (χ0n) is 9.70. The monoisotopic (exact) mass is 259 g/mol. The third-order valence-electron chi connectivity index (χ3n) is 2.53. The van der Waals surface area contributed by atoms with Crippen LogP contribution in [0.3, 0.4) is 0 Å². The molecule has 1 aromatic rings. The van der Waals surface area contributed by atoms with E-state index in [9.17, 15) is 4.21 Å². The fourth-order valence-corrected chi connectivity index (χ4v) is 3.11. The van der Waals surface area contributed by atoms with E-state index in [0.29, 0.717) is 17.5 Å². The third kappa shape index (κ3) is 4.64. The summed E-state index contributed by atoms with van der Waals surface area (Å²) in [5.41, 5.74) is 1.08. The van der Waals surface area contributed by atoms with Crippen LogP contribution in [0.25, 0.3) is 0 Å². The highest BCUT2D eigenvalue weighted by molar-refractivity contribution is 7.84. The predicted molar refractivity (Wildman–Crippen MR) is 71.3 cm³/mol. The Morgan fingerprint density at radius 3 is 2.50 bits per heavy atom. The maximum absolute atomic E-state index is 11.9. The average molecular weight is 260 g/mol. The number of hydrogen-bond acceptors (Lipinski definition) is 2. The largest absolute Gasteiger partial charge is 0.316 e. The second kappa shape index (κ2) is 7.05. The minimum Gasteiger partial charge on any atom is -0.316 e. The number of rotatable bonds is 6. The normalized spacial score (nSPS) is 14.7. The molecule has 0 bridgehead atoms. The Morgan fingerprint density at radius 1 is 1.38 bits per heavy atom. The molecule has 0 fully saturated rings. The van der Waals surface area contributed by atoms with E-state index in [2.05, 4.69) is 12.2 Å². The van der Waals surface area contributed by atoms with Gasteiger partial charge in [-0.25, -0.2) is 0 Å². The molecule has 0 aliphatic carbocycles. The molecule has 90 valence electrons. The second-order valence-corrected chi connectivity index (χ2v) is 5.71. The van der Waals surface area contributed by atoms with E-state index in [0.717, 1.165) is 17.0 Å². The maximum Gasteiger partial charge on any atom is 0.0486 e. The van der Waals surface area contributed by atoms with Crippen LogP contribution >= 0.6 is 11.6 Å². The van der Waals surface area contributed by atoms with Crippen molar-refractivity contribution in [3.05, 3.63) is 34.9 Å². The van der Waals surface area contributed by atoms with Crippen molar-refractivity contribution in [1.82, 2.24) is 5.32 Å². The molecule has 0 heterocycles. The molecule has 0 saturated heterocycles. The predicted octanol–water partition coefficient (Wildman–Crippen LogP) is 2.59. The topological polar surface area (TPSA) is 29.1 Å². The quantitative estimate of drug-likeness (QED) is 0.851. The van der Waals surface area contributed by atoms with Crippen LogP contribution in [-0.2, 0) is 16.6 Å². The van der Waals surface area contributed by atoms with Gasteiger partial charge < -0.3 is 5.32 Å². The van der Waals surface area contributed by atoms with Gasteiger partial charge in [-0.3, -0.25) is 4.21 Å². The Bertz CT molecular complexity index is 335. The number of benzene rings is 1. The number of nitrogens with one attached hydrogen (secondary N) is 1. The Hall–Kier alpha value is -0.380. The Balaban J connectivity index is 2.48. The molecule has 4 heteroatoms. The molecule has 2 atom stereocenters. The minimum atomic E-state index is -0.813. The van der Waals surface area contributed by atoms with Gasteiger partial charge in [-0.1, -0.05) is 30.7 Å². The van der Waals surface area contributed by atoms with E-state index in [1.165, 1.54) is 0 Å². The fourth-order valence-electron chi connectivity index (χ4n) is 1.46. The molecule has 2 unspecified atom stereocenters. The highest BCUT2D eigenvalue weighted by atomic mass is 35.5. The highest BCUT2D eigenvalue weighted by Gasteiger charge is 2.09. The summed E-state index contributed by atoms with van der Waals surface area (Å²) < 4.78 is 11.9. The van der Waals surface area contributed by atoms with Crippen molar-refractivity contribution < 1.29 is 4.21 Å². The van der Waals surface area contributed by atoms with Gasteiger partial charge in [0.1, 0.15) is 0 Å². The van der Waals surface area contributed by atoms with E-state index in [-0.39, 0.29) is 0 Å². The van der Waals surface area contributed by atoms with Crippen LogP contribution in [0.1, 0.15) is 18.9 Å². The molecule has 0 spiro atoms. The summed E-state index contributed by atoms with van der Waals surface area (Å²) in [5.74, 6) is 1.31. The van der Waals surface area contributed by atoms with Crippen LogP contribution in [0.5, 0.6) is 0 Å². The van der Waals surface area contributed by atoms with E-state index in [1.54, 1.807) is 0 Å². The summed E-state index contributed by atoms with van der Waals surface area (Å²) in [4.78, 5) is 0. The standard InChI is InChI=1S/C12H18ClNOS/c1-3-12(14-2)9-16(15)8-10-4-6-11(13)7-5-10/h4-7,12,14H,3,8-9H2,1-2H3. The molecule has 0 saturated carbocycles. The van der Waals surface area contributed by atoms with Gasteiger partial charge in [-0.05, 0) is 31.2 Å². The van der Waals surface area contributed by atoms with Crippen LogP contribution in [0.15, 0.2) is 24.3 Å². The minimum absolute atomic E-state index is 0.341. The molecule has 2 nitrogen and oxygen atoms in total. The van der Waals surface area contributed by atoms with Gasteiger partial charge in [0.2, 0.25) is 0 Å². The Labute approximate surface area is 105 Å². The van der Waals surface area contributed by atoms with Gasteiger partial charge in [0, 0.05) is 33.4 Å². The van der Waals surface area contributed by atoms with Crippen LogP contribution < -0.4 is 5.32 Å². The lowest BCUT2D eigenvalue weighted by atomic mass is 10.2. The van der Waals surface area contributed by atoms with Gasteiger partial charge in [0.05, 0.1) is 0 Å². The maximum atomic E-state index is 11.9. The summed E-state index contributed by atoms with van der Waals surface area (Å²) in [6.45, 7) is 2.10. The first-order chi connectivity index (χ1) is 7.65. The summed E-state index contributed by atoms with van der Waals surface area (Å²) in [6, 6.07) is 7.88. The van der Waals surface area contributed by atoms with E-state index < -0.39 is 10.8 Å². The van der Waals surface area contributed by atoms with Crippen molar-refractivity contribution in [2.75, 3.05) is 12.8 Å². The summed E-state index contributed by atoms with van der Waals surface area (Å²) in [7, 11) is 1.10. The van der Waals surface area contributed by atoms with Crippen LogP contribution in [0, 0.1) is 0 Å². The smallest absolute Gasteiger partial charge is 0.0486 e. The molecule has 0 radical (unpaired) electrons. The van der Waals surface area contributed by atoms with Crippen LogP contribution in [0.2, 0.25) is 5.02 Å². The molecular formula is C12H18ClNOS. The molecule has 0 aromatic heterocycles. The molecule has 1 N–H and O–H groups in total. The summed E-state index contributed by atoms with van der Waals surface area (Å²) >= 11 is 5.79. The highest BCUT2D eigenvalue weighted by Crippen LogP contribution is 2.11. The van der Waals surface area contributed by atoms with Crippen molar-refractivity contribution in [2.45, 2.75) is 25.1 Å². The van der Waals surface area contributed by atoms with Gasteiger partial charge in [-0.15, -0.1) is 0 Å². The molecule has 0 aliphatic heterocycles. The lowest BCUT2D eigenvalue weighted by molar-refractivity contribution is 0.590. The van der Waals surface area contributed by atoms with Gasteiger partial charge in [0.25, 0.3) is 0 Å². The van der Waals surface area contributed by atoms with Crippen molar-refractivity contribution in [3.8, 4) is 0 Å². The van der Waals surface area contributed by atoms with Gasteiger partial charge >= 0.3 is 0 Å². The van der Waals surface area contributed by atoms with E-state index in [1.807, 2.05) is 31.3 Å². The fraction of sp³-hybridized carbons (Fsp3) is 0.500. The Kier molecular flexibility index (Phi) is 6.03. The van der Waals surface area contributed by atoms with Crippen molar-refractivity contribution >= 4 is 22.4 Å². The van der Waals surface area contributed by atoms with Crippen molar-refractivity contribution in [3.63, 3.8) is 0 Å². The van der Waals surface area contributed by atoms with Crippen molar-refractivity contribution in [2.24, 2.45) is 0 Å². The van der Waals surface area contributed by atoms with E-state index in [4.69, 9.17) is 11.6 Å². The zero-order valence-corrected chi connectivity index (χ0v) is 11.3. The molecule has 16 heavy (non-hydrogen) atoms. The first-order valence-electron chi connectivity index (χ1n) is 5.42. The van der Waals surface area contributed by atoms with Crippen molar-refractivity contribution in [1.29, 1.82) is 0 Å². The van der Waals surface area contributed by atoms with E-state index >= 15 is 0 Å². The first-order valence-corrected chi connectivity index (χ1v) is 7.29. The molecule has 0 aliphatic rings. The van der Waals surface area contributed by atoms with Crippen LogP contribution in [-0.4, -0.2) is 23.1 Å². The number of hydrogen-bond donors (Lipinski definition) is 1. The number of halogens is 1. The van der Waals surface area contributed by atoms with Crippen LogP contribution in [0.4, 0.5) is 0 Å². The lowest BCUT2D eigenvalue weighted by Crippen LogP contribution is -2.30. The average Bonchev–Trinajstić information content (AvgIpc) is 2.29. The Morgan fingerprint density at radius 2 is 2.00 bits per heavy atom.